The Labute approximate surface area is 163 Å². The van der Waals surface area contributed by atoms with Crippen LogP contribution in [0.3, 0.4) is 0 Å². The van der Waals surface area contributed by atoms with E-state index in [-0.39, 0.29) is 29.5 Å². The van der Waals surface area contributed by atoms with Crippen LogP contribution in [-0.4, -0.2) is 70.7 Å². The number of halogens is 1. The van der Waals surface area contributed by atoms with E-state index in [9.17, 15) is 14.0 Å². The van der Waals surface area contributed by atoms with Crippen molar-refractivity contribution in [2.24, 2.45) is 13.0 Å². The number of rotatable bonds is 3. The van der Waals surface area contributed by atoms with Crippen LogP contribution in [0.15, 0.2) is 36.7 Å². The molecular formula is C20H24FN5O2. The molecule has 2 saturated heterocycles. The zero-order chi connectivity index (χ0) is 19.7. The Balaban J connectivity index is 1.37. The Morgan fingerprint density at radius 3 is 2.39 bits per heavy atom. The average molecular weight is 385 g/mol. The fraction of sp³-hybridized carbons (Fsp3) is 0.450. The number of hydrogen-bond donors (Lipinski definition) is 1. The molecule has 0 aliphatic carbocycles. The number of hydrogen-bond acceptors (Lipinski definition) is 4. The first kappa shape index (κ1) is 18.6. The van der Waals surface area contributed by atoms with Gasteiger partial charge in [0.1, 0.15) is 5.82 Å². The third kappa shape index (κ3) is 3.64. The van der Waals surface area contributed by atoms with Gasteiger partial charge in [-0.05, 0) is 29.8 Å². The molecule has 0 saturated carbocycles. The fourth-order valence-electron chi connectivity index (χ4n) is 4.06. The lowest BCUT2D eigenvalue weighted by Gasteiger charge is -2.36. The molecule has 2 aliphatic rings. The predicted molar refractivity (Wildman–Crippen MR) is 101 cm³/mol. The Bertz CT molecular complexity index is 858. The van der Waals surface area contributed by atoms with Crippen molar-refractivity contribution < 1.29 is 14.0 Å². The number of nitrogens with one attached hydrogen (secondary N) is 1. The SMILES string of the molecule is Cn1cc([C@H]2CNC[C@@H]2C(=O)N2CCN(C(=O)c3ccc(F)cc3)CC2)cn1. The first-order valence-electron chi connectivity index (χ1n) is 9.56. The second-order valence-corrected chi connectivity index (χ2v) is 7.44. The van der Waals surface area contributed by atoms with E-state index >= 15 is 0 Å². The van der Waals surface area contributed by atoms with Gasteiger partial charge in [-0.15, -0.1) is 0 Å². The summed E-state index contributed by atoms with van der Waals surface area (Å²) in [5.74, 6) is -0.334. The first-order chi connectivity index (χ1) is 13.5. The van der Waals surface area contributed by atoms with Crippen molar-refractivity contribution in [1.82, 2.24) is 24.9 Å². The third-order valence-electron chi connectivity index (χ3n) is 5.65. The summed E-state index contributed by atoms with van der Waals surface area (Å²) in [5.41, 5.74) is 1.55. The number of benzene rings is 1. The summed E-state index contributed by atoms with van der Waals surface area (Å²) in [7, 11) is 1.88. The molecule has 4 rings (SSSR count). The quantitative estimate of drug-likeness (QED) is 0.850. The zero-order valence-corrected chi connectivity index (χ0v) is 15.8. The van der Waals surface area contributed by atoms with E-state index in [0.29, 0.717) is 38.3 Å². The number of piperazine rings is 1. The van der Waals surface area contributed by atoms with Crippen LogP contribution in [-0.2, 0) is 11.8 Å². The second-order valence-electron chi connectivity index (χ2n) is 7.44. The highest BCUT2D eigenvalue weighted by molar-refractivity contribution is 5.94. The number of carbonyl (C=O) groups excluding carboxylic acids is 2. The van der Waals surface area contributed by atoms with Gasteiger partial charge in [0.05, 0.1) is 12.1 Å². The lowest BCUT2D eigenvalue weighted by molar-refractivity contribution is -0.136. The van der Waals surface area contributed by atoms with Crippen LogP contribution < -0.4 is 5.32 Å². The second kappa shape index (κ2) is 7.71. The molecule has 148 valence electrons. The zero-order valence-electron chi connectivity index (χ0n) is 15.8. The lowest BCUT2D eigenvalue weighted by Crippen LogP contribution is -2.52. The van der Waals surface area contributed by atoms with Crippen molar-refractivity contribution in [3.63, 3.8) is 0 Å². The molecule has 0 spiro atoms. The Hall–Kier alpha value is -2.74. The first-order valence-corrected chi connectivity index (χ1v) is 9.56. The van der Waals surface area contributed by atoms with Crippen molar-refractivity contribution in [1.29, 1.82) is 0 Å². The highest BCUT2D eigenvalue weighted by Crippen LogP contribution is 2.29. The standard InChI is InChI=1S/C20H24FN5O2/c1-24-13-15(10-23-24)17-11-22-12-18(17)20(28)26-8-6-25(7-9-26)19(27)14-2-4-16(21)5-3-14/h2-5,10,13,17-18,22H,6-9,11-12H2,1H3/t17-,18+/m1/s1. The van der Waals surface area contributed by atoms with Gasteiger partial charge >= 0.3 is 0 Å². The van der Waals surface area contributed by atoms with Crippen LogP contribution in [0.4, 0.5) is 4.39 Å². The summed E-state index contributed by atoms with van der Waals surface area (Å²) in [6, 6.07) is 5.58. The van der Waals surface area contributed by atoms with Crippen LogP contribution >= 0.6 is 0 Å². The molecule has 7 nitrogen and oxygen atoms in total. The molecule has 0 bridgehead atoms. The van der Waals surface area contributed by atoms with Crippen molar-refractivity contribution in [2.45, 2.75) is 5.92 Å². The number of amides is 2. The average Bonchev–Trinajstić information content (AvgIpc) is 3.36. The molecule has 0 unspecified atom stereocenters. The topological polar surface area (TPSA) is 70.5 Å². The molecule has 2 atom stereocenters. The molecule has 2 aliphatic heterocycles. The van der Waals surface area contributed by atoms with Gasteiger partial charge in [0, 0.05) is 64.0 Å². The fourth-order valence-corrected chi connectivity index (χ4v) is 4.06. The third-order valence-corrected chi connectivity index (χ3v) is 5.65. The Morgan fingerprint density at radius 2 is 1.75 bits per heavy atom. The highest BCUT2D eigenvalue weighted by atomic mass is 19.1. The minimum atomic E-state index is -0.361. The van der Waals surface area contributed by atoms with Crippen molar-refractivity contribution in [3.8, 4) is 0 Å². The van der Waals surface area contributed by atoms with E-state index in [0.717, 1.165) is 12.1 Å². The van der Waals surface area contributed by atoms with E-state index in [1.807, 2.05) is 24.3 Å². The van der Waals surface area contributed by atoms with Crippen LogP contribution in [0, 0.1) is 11.7 Å². The van der Waals surface area contributed by atoms with Crippen molar-refractivity contribution in [2.75, 3.05) is 39.3 Å². The number of aryl methyl sites for hydroxylation is 1. The molecule has 1 aromatic heterocycles. The van der Waals surface area contributed by atoms with Crippen molar-refractivity contribution >= 4 is 11.8 Å². The van der Waals surface area contributed by atoms with Gasteiger partial charge in [-0.25, -0.2) is 4.39 Å². The van der Waals surface area contributed by atoms with Crippen LogP contribution in [0.5, 0.6) is 0 Å². The molecule has 2 amide bonds. The molecule has 8 heteroatoms. The van der Waals surface area contributed by atoms with Gasteiger partial charge < -0.3 is 15.1 Å². The molecule has 2 aromatic rings. The summed E-state index contributed by atoms with van der Waals surface area (Å²) < 4.78 is 14.8. The van der Waals surface area contributed by atoms with Gasteiger partial charge in [-0.2, -0.15) is 5.10 Å². The summed E-state index contributed by atoms with van der Waals surface area (Å²) in [6.07, 6.45) is 3.80. The smallest absolute Gasteiger partial charge is 0.253 e. The molecule has 1 aromatic carbocycles. The Kier molecular flexibility index (Phi) is 5.13. The Morgan fingerprint density at radius 1 is 1.07 bits per heavy atom. The molecule has 1 N–H and O–H groups in total. The molecule has 2 fully saturated rings. The highest BCUT2D eigenvalue weighted by Gasteiger charge is 2.38. The number of nitrogens with zero attached hydrogens (tertiary/aromatic N) is 4. The number of aromatic nitrogens is 2. The number of carbonyl (C=O) groups is 2. The van der Waals surface area contributed by atoms with Crippen LogP contribution in [0.25, 0.3) is 0 Å². The van der Waals surface area contributed by atoms with Gasteiger partial charge in [-0.1, -0.05) is 0 Å². The van der Waals surface area contributed by atoms with E-state index < -0.39 is 0 Å². The maximum atomic E-state index is 13.1. The normalized spacial score (nSPS) is 22.5. The van der Waals surface area contributed by atoms with E-state index in [4.69, 9.17) is 0 Å². The van der Waals surface area contributed by atoms with Gasteiger partial charge in [0.2, 0.25) is 5.91 Å². The largest absolute Gasteiger partial charge is 0.339 e. The minimum absolute atomic E-state index is 0.108. The maximum Gasteiger partial charge on any atom is 0.253 e. The lowest BCUT2D eigenvalue weighted by atomic mass is 9.89. The van der Waals surface area contributed by atoms with E-state index in [1.165, 1.54) is 24.3 Å². The summed E-state index contributed by atoms with van der Waals surface area (Å²) in [5, 5.41) is 7.55. The summed E-state index contributed by atoms with van der Waals surface area (Å²) >= 11 is 0. The van der Waals surface area contributed by atoms with E-state index in [2.05, 4.69) is 10.4 Å². The minimum Gasteiger partial charge on any atom is -0.339 e. The van der Waals surface area contributed by atoms with Gasteiger partial charge in [-0.3, -0.25) is 14.3 Å². The van der Waals surface area contributed by atoms with Gasteiger partial charge in [0.15, 0.2) is 0 Å². The molecule has 3 heterocycles. The molecule has 28 heavy (non-hydrogen) atoms. The molecule has 0 radical (unpaired) electrons. The van der Waals surface area contributed by atoms with Crippen LogP contribution in [0.1, 0.15) is 21.8 Å². The molecular weight excluding hydrogens is 361 g/mol. The summed E-state index contributed by atoms with van der Waals surface area (Å²) in [6.45, 7) is 3.43. The summed E-state index contributed by atoms with van der Waals surface area (Å²) in [4.78, 5) is 29.2. The van der Waals surface area contributed by atoms with E-state index in [1.54, 1.807) is 9.58 Å². The maximum absolute atomic E-state index is 13.1. The monoisotopic (exact) mass is 385 g/mol. The predicted octanol–water partition coefficient (Wildman–Crippen LogP) is 0.847. The van der Waals surface area contributed by atoms with Gasteiger partial charge in [0.25, 0.3) is 5.91 Å². The van der Waals surface area contributed by atoms with Crippen LogP contribution in [0.2, 0.25) is 0 Å². The van der Waals surface area contributed by atoms with Crippen molar-refractivity contribution in [3.05, 3.63) is 53.6 Å².